The molecule has 0 heterocycles. The molecular weight excluding hydrogens is 400 g/mol. The van der Waals surface area contributed by atoms with Crippen LogP contribution < -0.4 is 5.01 Å². The van der Waals surface area contributed by atoms with Gasteiger partial charge in [0.05, 0.1) is 12.3 Å². The summed E-state index contributed by atoms with van der Waals surface area (Å²) >= 11 is 0. The van der Waals surface area contributed by atoms with E-state index in [0.717, 1.165) is 15.6 Å². The van der Waals surface area contributed by atoms with E-state index in [1.54, 1.807) is 58.0 Å². The van der Waals surface area contributed by atoms with Crippen molar-refractivity contribution in [2.75, 3.05) is 18.2 Å². The van der Waals surface area contributed by atoms with Crippen LogP contribution in [-0.2, 0) is 25.6 Å². The highest BCUT2D eigenvalue weighted by atomic mass is 16.6. The van der Waals surface area contributed by atoms with Crippen molar-refractivity contribution in [3.05, 3.63) is 66.2 Å². The number of rotatable bonds is 6. The summed E-state index contributed by atoms with van der Waals surface area (Å²) in [6.45, 7) is 6.31. The van der Waals surface area contributed by atoms with Crippen LogP contribution in [0.4, 0.5) is 15.3 Å². The number of hydrogen-bond donors (Lipinski definition) is 0. The summed E-state index contributed by atoms with van der Waals surface area (Å²) < 4.78 is 15.8. The minimum absolute atomic E-state index is 0.00935. The van der Waals surface area contributed by atoms with Gasteiger partial charge in [-0.25, -0.2) is 9.59 Å². The highest BCUT2D eigenvalue weighted by Gasteiger charge is 2.34. The van der Waals surface area contributed by atoms with Crippen molar-refractivity contribution < 1.29 is 28.6 Å². The molecule has 0 radical (unpaired) electrons. The number of amides is 2. The zero-order chi connectivity index (χ0) is 22.9. The standard InChI is InChI=1S/C23H28N2O6/c1-5-29-20(26)16-24(21(27)31-23(2,3)4)25(19-14-10-7-11-15-19)22(28)30-17-18-12-8-6-9-13-18/h6-15H,5,16-17H2,1-4H3. The molecule has 31 heavy (non-hydrogen) atoms. The summed E-state index contributed by atoms with van der Waals surface area (Å²) in [6.07, 6.45) is -1.73. The fourth-order valence-electron chi connectivity index (χ4n) is 2.55. The molecule has 166 valence electrons. The van der Waals surface area contributed by atoms with Crippen molar-refractivity contribution >= 4 is 23.8 Å². The normalized spacial score (nSPS) is 10.7. The van der Waals surface area contributed by atoms with Crippen molar-refractivity contribution in [3.8, 4) is 0 Å². The van der Waals surface area contributed by atoms with Crippen LogP contribution in [0, 0.1) is 0 Å². The molecule has 0 aliphatic heterocycles. The van der Waals surface area contributed by atoms with Gasteiger partial charge in [-0.3, -0.25) is 4.79 Å². The van der Waals surface area contributed by atoms with Crippen molar-refractivity contribution in [3.63, 3.8) is 0 Å². The molecule has 0 fully saturated rings. The van der Waals surface area contributed by atoms with E-state index in [1.807, 2.05) is 30.3 Å². The molecule has 0 unspecified atom stereocenters. The first-order valence-corrected chi connectivity index (χ1v) is 9.93. The van der Waals surface area contributed by atoms with Gasteiger partial charge in [0.1, 0.15) is 18.8 Å². The van der Waals surface area contributed by atoms with E-state index in [1.165, 1.54) is 0 Å². The molecule has 0 aliphatic rings. The minimum atomic E-state index is -0.888. The predicted molar refractivity (Wildman–Crippen MR) is 115 cm³/mol. The topological polar surface area (TPSA) is 85.4 Å². The van der Waals surface area contributed by atoms with Gasteiger partial charge in [0.25, 0.3) is 0 Å². The van der Waals surface area contributed by atoms with Gasteiger partial charge in [0.15, 0.2) is 0 Å². The molecular formula is C23H28N2O6. The van der Waals surface area contributed by atoms with Crippen LogP contribution in [0.15, 0.2) is 60.7 Å². The van der Waals surface area contributed by atoms with E-state index in [0.29, 0.717) is 5.69 Å². The fourth-order valence-corrected chi connectivity index (χ4v) is 2.55. The maximum absolute atomic E-state index is 13.1. The van der Waals surface area contributed by atoms with Crippen molar-refractivity contribution in [1.82, 2.24) is 5.01 Å². The Morgan fingerprint density at radius 3 is 1.97 bits per heavy atom. The second-order valence-corrected chi connectivity index (χ2v) is 7.53. The van der Waals surface area contributed by atoms with Crippen LogP contribution in [0.3, 0.4) is 0 Å². The fraction of sp³-hybridized carbons (Fsp3) is 0.348. The van der Waals surface area contributed by atoms with Crippen LogP contribution in [0.1, 0.15) is 33.3 Å². The number of ether oxygens (including phenoxy) is 3. The summed E-state index contributed by atoms with van der Waals surface area (Å²) in [5.41, 5.74) is 0.258. The summed E-state index contributed by atoms with van der Waals surface area (Å²) in [6, 6.07) is 17.5. The van der Waals surface area contributed by atoms with Crippen LogP contribution in [-0.4, -0.2) is 41.9 Å². The molecule has 0 bridgehead atoms. The Kier molecular flexibility index (Phi) is 8.43. The Hall–Kier alpha value is -3.55. The van der Waals surface area contributed by atoms with Crippen LogP contribution >= 0.6 is 0 Å². The maximum Gasteiger partial charge on any atom is 0.434 e. The molecule has 0 aliphatic carbocycles. The monoisotopic (exact) mass is 428 g/mol. The Morgan fingerprint density at radius 1 is 0.839 bits per heavy atom. The lowest BCUT2D eigenvalue weighted by Crippen LogP contribution is -2.54. The number of nitrogens with zero attached hydrogens (tertiary/aromatic N) is 2. The van der Waals surface area contributed by atoms with Crippen molar-refractivity contribution in [2.45, 2.75) is 39.9 Å². The maximum atomic E-state index is 13.1. The number of anilines is 1. The Balaban J connectivity index is 2.36. The molecule has 2 rings (SSSR count). The highest BCUT2D eigenvalue weighted by molar-refractivity contribution is 5.92. The lowest BCUT2D eigenvalue weighted by molar-refractivity contribution is -0.144. The van der Waals surface area contributed by atoms with Gasteiger partial charge in [-0.05, 0) is 45.4 Å². The number of carbonyl (C=O) groups excluding carboxylic acids is 3. The summed E-state index contributed by atoms with van der Waals surface area (Å²) in [5.74, 6) is -0.690. The Bertz CT molecular complexity index is 865. The first-order chi connectivity index (χ1) is 14.7. The second-order valence-electron chi connectivity index (χ2n) is 7.53. The van der Waals surface area contributed by atoms with E-state index in [-0.39, 0.29) is 13.2 Å². The van der Waals surface area contributed by atoms with Crippen molar-refractivity contribution in [2.24, 2.45) is 0 Å². The molecule has 0 saturated heterocycles. The number of carbonyl (C=O) groups is 3. The SMILES string of the molecule is CCOC(=O)CN(C(=O)OC(C)(C)C)N(C(=O)OCc1ccccc1)c1ccccc1. The third-order valence-corrected chi connectivity index (χ3v) is 3.81. The number of para-hydroxylation sites is 1. The zero-order valence-corrected chi connectivity index (χ0v) is 18.2. The first kappa shape index (κ1) is 23.7. The Labute approximate surface area is 182 Å². The molecule has 2 amide bonds. The largest absolute Gasteiger partial charge is 0.465 e. The molecule has 2 aromatic rings. The summed E-state index contributed by atoms with van der Waals surface area (Å²) in [7, 11) is 0. The lowest BCUT2D eigenvalue weighted by Gasteiger charge is -2.34. The quantitative estimate of drug-likeness (QED) is 0.381. The predicted octanol–water partition coefficient (Wildman–Crippen LogP) is 4.55. The number of esters is 1. The minimum Gasteiger partial charge on any atom is -0.465 e. The molecule has 0 aromatic heterocycles. The van der Waals surface area contributed by atoms with E-state index in [9.17, 15) is 14.4 Å². The Morgan fingerprint density at radius 2 is 1.42 bits per heavy atom. The van der Waals surface area contributed by atoms with E-state index in [4.69, 9.17) is 14.2 Å². The third kappa shape index (κ3) is 7.65. The van der Waals surface area contributed by atoms with Gasteiger partial charge in [-0.15, -0.1) is 0 Å². The molecule has 0 saturated carbocycles. The van der Waals surface area contributed by atoms with Gasteiger partial charge in [-0.1, -0.05) is 48.5 Å². The molecule has 2 aromatic carbocycles. The van der Waals surface area contributed by atoms with Crippen LogP contribution in [0.5, 0.6) is 0 Å². The summed E-state index contributed by atoms with van der Waals surface area (Å²) in [4.78, 5) is 38.2. The molecule has 0 atom stereocenters. The van der Waals surface area contributed by atoms with Crippen LogP contribution in [0.2, 0.25) is 0 Å². The van der Waals surface area contributed by atoms with Gasteiger partial charge >= 0.3 is 18.2 Å². The third-order valence-electron chi connectivity index (χ3n) is 3.81. The lowest BCUT2D eigenvalue weighted by atomic mass is 10.2. The smallest absolute Gasteiger partial charge is 0.434 e. The van der Waals surface area contributed by atoms with Gasteiger partial charge in [-0.2, -0.15) is 10.0 Å². The van der Waals surface area contributed by atoms with E-state index >= 15 is 0 Å². The first-order valence-electron chi connectivity index (χ1n) is 9.93. The molecule has 8 nitrogen and oxygen atoms in total. The molecule has 8 heteroatoms. The van der Waals surface area contributed by atoms with Crippen LogP contribution in [0.25, 0.3) is 0 Å². The summed E-state index contributed by atoms with van der Waals surface area (Å²) in [5, 5.41) is 1.86. The van der Waals surface area contributed by atoms with E-state index < -0.39 is 30.3 Å². The zero-order valence-electron chi connectivity index (χ0n) is 18.2. The molecule has 0 spiro atoms. The number of benzene rings is 2. The van der Waals surface area contributed by atoms with Gasteiger partial charge in [0, 0.05) is 0 Å². The average molecular weight is 428 g/mol. The molecule has 0 N–H and O–H groups in total. The van der Waals surface area contributed by atoms with Gasteiger partial charge < -0.3 is 14.2 Å². The van der Waals surface area contributed by atoms with Crippen molar-refractivity contribution in [1.29, 1.82) is 0 Å². The highest BCUT2D eigenvalue weighted by Crippen LogP contribution is 2.21. The second kappa shape index (κ2) is 11.0. The van der Waals surface area contributed by atoms with Gasteiger partial charge in [0.2, 0.25) is 0 Å². The van der Waals surface area contributed by atoms with E-state index in [2.05, 4.69) is 0 Å². The average Bonchev–Trinajstić information content (AvgIpc) is 2.72. The number of hydrazine groups is 1. The number of hydrogen-bond acceptors (Lipinski definition) is 6.